The van der Waals surface area contributed by atoms with Crippen molar-refractivity contribution in [1.82, 2.24) is 5.32 Å². The second kappa shape index (κ2) is 6.98. The molecule has 0 aromatic heterocycles. The van der Waals surface area contributed by atoms with Gasteiger partial charge in [0.05, 0.1) is 4.92 Å². The molecule has 0 bridgehead atoms. The summed E-state index contributed by atoms with van der Waals surface area (Å²) in [6.45, 7) is 1.00. The van der Waals surface area contributed by atoms with Crippen LogP contribution in [0.3, 0.4) is 0 Å². The summed E-state index contributed by atoms with van der Waals surface area (Å²) in [7, 11) is 0. The standard InChI is InChI=1S/C11H12ClN2O3/c12-10-4-3-9(11(7-10)14(16)17)8-13-5-1-2-6-15/h3-4,7,13H,1-2,5,8H2. The number of rotatable bonds is 7. The summed E-state index contributed by atoms with van der Waals surface area (Å²) in [5, 5.41) is 14.1. The molecule has 0 fully saturated rings. The van der Waals surface area contributed by atoms with Crippen molar-refractivity contribution in [2.45, 2.75) is 19.4 Å². The minimum absolute atomic E-state index is 0.00644. The maximum atomic E-state index is 10.8. The van der Waals surface area contributed by atoms with Gasteiger partial charge in [0, 0.05) is 29.6 Å². The predicted octanol–water partition coefficient (Wildman–Crippen LogP) is 2.23. The zero-order valence-corrected chi connectivity index (χ0v) is 9.87. The molecule has 1 aromatic rings. The summed E-state index contributed by atoms with van der Waals surface area (Å²) in [6, 6.07) is 4.57. The Hall–Kier alpha value is -1.46. The molecule has 0 spiro atoms. The van der Waals surface area contributed by atoms with Crippen LogP contribution in [0.4, 0.5) is 5.69 Å². The van der Waals surface area contributed by atoms with E-state index in [4.69, 9.17) is 11.6 Å². The van der Waals surface area contributed by atoms with Gasteiger partial charge in [-0.3, -0.25) is 14.9 Å². The molecule has 0 aliphatic carbocycles. The molecule has 6 heteroatoms. The van der Waals surface area contributed by atoms with E-state index in [0.29, 0.717) is 36.5 Å². The highest BCUT2D eigenvalue weighted by Gasteiger charge is 2.13. The second-order valence-corrected chi connectivity index (χ2v) is 3.89. The number of carbonyl (C=O) groups excluding carboxylic acids is 1. The topological polar surface area (TPSA) is 72.2 Å². The Kier molecular flexibility index (Phi) is 5.59. The quantitative estimate of drug-likeness (QED) is 0.461. The third-order valence-electron chi connectivity index (χ3n) is 2.19. The third-order valence-corrected chi connectivity index (χ3v) is 2.43. The fourth-order valence-corrected chi connectivity index (χ4v) is 1.53. The third kappa shape index (κ3) is 4.50. The predicted molar refractivity (Wildman–Crippen MR) is 64.7 cm³/mol. The highest BCUT2D eigenvalue weighted by atomic mass is 35.5. The molecule has 1 rings (SSSR count). The van der Waals surface area contributed by atoms with E-state index in [2.05, 4.69) is 5.32 Å². The highest BCUT2D eigenvalue weighted by Crippen LogP contribution is 2.22. The molecule has 0 atom stereocenters. The van der Waals surface area contributed by atoms with Crippen molar-refractivity contribution in [3.8, 4) is 0 Å². The number of nitro benzene ring substituents is 1. The summed E-state index contributed by atoms with van der Waals surface area (Å²) in [4.78, 5) is 20.3. The Balaban J connectivity index is 2.58. The molecule has 1 N–H and O–H groups in total. The van der Waals surface area contributed by atoms with Crippen molar-refractivity contribution < 1.29 is 9.72 Å². The molecule has 0 aliphatic rings. The average molecular weight is 256 g/mol. The van der Waals surface area contributed by atoms with Gasteiger partial charge >= 0.3 is 0 Å². The van der Waals surface area contributed by atoms with E-state index in [1.807, 2.05) is 0 Å². The van der Waals surface area contributed by atoms with Crippen molar-refractivity contribution >= 4 is 23.6 Å². The molecule has 0 amide bonds. The zero-order chi connectivity index (χ0) is 12.7. The first-order valence-electron chi connectivity index (χ1n) is 5.13. The van der Waals surface area contributed by atoms with Gasteiger partial charge in [0.2, 0.25) is 0 Å². The molecule has 0 saturated heterocycles. The number of nitro groups is 1. The molecule has 1 aromatic carbocycles. The van der Waals surface area contributed by atoms with Crippen LogP contribution in [0.2, 0.25) is 5.02 Å². The number of nitrogens with zero attached hydrogens (tertiary/aromatic N) is 1. The van der Waals surface area contributed by atoms with E-state index >= 15 is 0 Å². The maximum Gasteiger partial charge on any atom is 0.275 e. The van der Waals surface area contributed by atoms with Crippen LogP contribution >= 0.6 is 11.6 Å². The van der Waals surface area contributed by atoms with Crippen LogP contribution in [-0.2, 0) is 11.3 Å². The molecule has 5 nitrogen and oxygen atoms in total. The molecular formula is C11H12ClN2O3. The van der Waals surface area contributed by atoms with Crippen LogP contribution < -0.4 is 5.32 Å². The van der Waals surface area contributed by atoms with Gasteiger partial charge in [-0.1, -0.05) is 11.6 Å². The normalized spacial score (nSPS) is 10.2. The number of nitrogens with one attached hydrogen (secondary N) is 1. The molecule has 0 aliphatic heterocycles. The minimum atomic E-state index is -0.456. The van der Waals surface area contributed by atoms with E-state index in [1.165, 1.54) is 6.07 Å². The van der Waals surface area contributed by atoms with Gasteiger partial charge in [-0.2, -0.15) is 0 Å². The SMILES string of the molecule is O=[C]CCCNCc1ccc(Cl)cc1[N+](=O)[O-]. The smallest absolute Gasteiger partial charge is 0.275 e. The van der Waals surface area contributed by atoms with Crippen molar-refractivity contribution in [2.24, 2.45) is 0 Å². The van der Waals surface area contributed by atoms with Gasteiger partial charge in [-0.05, 0) is 25.1 Å². The number of unbranched alkanes of at least 4 members (excludes halogenated alkanes) is 1. The van der Waals surface area contributed by atoms with Crippen LogP contribution in [0, 0.1) is 10.1 Å². The van der Waals surface area contributed by atoms with Crippen molar-refractivity contribution in [1.29, 1.82) is 0 Å². The van der Waals surface area contributed by atoms with Crippen LogP contribution in [0.5, 0.6) is 0 Å². The van der Waals surface area contributed by atoms with Gasteiger partial charge < -0.3 is 5.32 Å². The second-order valence-electron chi connectivity index (χ2n) is 3.45. The molecule has 1 radical (unpaired) electrons. The van der Waals surface area contributed by atoms with Crippen LogP contribution in [0.1, 0.15) is 18.4 Å². The first-order chi connectivity index (χ1) is 8.15. The molecule has 91 valence electrons. The molecule has 0 unspecified atom stereocenters. The zero-order valence-electron chi connectivity index (χ0n) is 9.11. The van der Waals surface area contributed by atoms with E-state index in [-0.39, 0.29) is 5.69 Å². The average Bonchev–Trinajstić information content (AvgIpc) is 2.30. The van der Waals surface area contributed by atoms with Gasteiger partial charge in [0.1, 0.15) is 0 Å². The maximum absolute atomic E-state index is 10.8. The Bertz CT molecular complexity index is 410. The molecule has 0 saturated carbocycles. The van der Waals surface area contributed by atoms with Gasteiger partial charge in [0.25, 0.3) is 5.69 Å². The van der Waals surface area contributed by atoms with Crippen molar-refractivity contribution in [2.75, 3.05) is 6.54 Å². The highest BCUT2D eigenvalue weighted by molar-refractivity contribution is 6.30. The Morgan fingerprint density at radius 2 is 2.24 bits per heavy atom. The lowest BCUT2D eigenvalue weighted by molar-refractivity contribution is -0.385. The van der Waals surface area contributed by atoms with E-state index in [0.717, 1.165) is 0 Å². The van der Waals surface area contributed by atoms with E-state index in [9.17, 15) is 14.9 Å². The molecule has 17 heavy (non-hydrogen) atoms. The monoisotopic (exact) mass is 255 g/mol. The molecule has 0 heterocycles. The molecular weight excluding hydrogens is 244 g/mol. The van der Waals surface area contributed by atoms with Crippen molar-refractivity contribution in [3.63, 3.8) is 0 Å². The fraction of sp³-hybridized carbons (Fsp3) is 0.364. The lowest BCUT2D eigenvalue weighted by atomic mass is 10.2. The number of benzene rings is 1. The van der Waals surface area contributed by atoms with E-state index < -0.39 is 4.92 Å². The minimum Gasteiger partial charge on any atom is -0.312 e. The number of hydrogen-bond donors (Lipinski definition) is 1. The summed E-state index contributed by atoms with van der Waals surface area (Å²) in [5.41, 5.74) is 0.585. The van der Waals surface area contributed by atoms with Crippen molar-refractivity contribution in [3.05, 3.63) is 38.9 Å². The first kappa shape index (κ1) is 13.6. The lowest BCUT2D eigenvalue weighted by Gasteiger charge is -2.05. The Labute approximate surface area is 104 Å². The Morgan fingerprint density at radius 3 is 2.88 bits per heavy atom. The fourth-order valence-electron chi connectivity index (χ4n) is 1.37. The number of halogens is 1. The lowest BCUT2D eigenvalue weighted by Crippen LogP contribution is -2.15. The van der Waals surface area contributed by atoms with Crippen LogP contribution in [-0.4, -0.2) is 17.8 Å². The summed E-state index contributed by atoms with van der Waals surface area (Å²) >= 11 is 5.70. The summed E-state index contributed by atoms with van der Waals surface area (Å²) in [6.07, 6.45) is 2.83. The van der Waals surface area contributed by atoms with Gasteiger partial charge in [0.15, 0.2) is 6.29 Å². The largest absolute Gasteiger partial charge is 0.312 e. The number of hydrogen-bond acceptors (Lipinski definition) is 4. The van der Waals surface area contributed by atoms with Gasteiger partial charge in [-0.25, -0.2) is 0 Å². The Morgan fingerprint density at radius 1 is 1.47 bits per heavy atom. The van der Waals surface area contributed by atoms with Gasteiger partial charge in [-0.15, -0.1) is 0 Å². The van der Waals surface area contributed by atoms with Crippen LogP contribution in [0.25, 0.3) is 0 Å². The summed E-state index contributed by atoms with van der Waals surface area (Å²) < 4.78 is 0. The first-order valence-corrected chi connectivity index (χ1v) is 5.51. The van der Waals surface area contributed by atoms with Crippen LogP contribution in [0.15, 0.2) is 18.2 Å². The van der Waals surface area contributed by atoms with E-state index in [1.54, 1.807) is 18.4 Å². The summed E-state index contributed by atoms with van der Waals surface area (Å²) in [5.74, 6) is 0.